The van der Waals surface area contributed by atoms with Crippen molar-refractivity contribution < 1.29 is 0 Å². The van der Waals surface area contributed by atoms with Gasteiger partial charge in [0, 0.05) is 31.1 Å². The molecule has 2 heterocycles. The zero-order chi connectivity index (χ0) is 15.2. The number of thioether (sulfide) groups is 1. The number of aromatic nitrogens is 1. The highest BCUT2D eigenvalue weighted by Crippen LogP contribution is 2.25. The molecule has 21 heavy (non-hydrogen) atoms. The van der Waals surface area contributed by atoms with Crippen LogP contribution >= 0.6 is 11.8 Å². The van der Waals surface area contributed by atoms with Crippen LogP contribution in [0.1, 0.15) is 38.4 Å². The van der Waals surface area contributed by atoms with Gasteiger partial charge in [-0.05, 0) is 48.8 Å². The molecular weight excluding hydrogens is 278 g/mol. The Hall–Kier alpha value is -0.740. The summed E-state index contributed by atoms with van der Waals surface area (Å²) in [5, 5.41) is 3.54. The quantitative estimate of drug-likeness (QED) is 0.836. The Bertz CT molecular complexity index is 442. The first-order chi connectivity index (χ1) is 10.1. The standard InChI is InChI=1S/C17H29N3S/c1-5-15-8-14(11-18-10-13(2)3)9-17(19-15)20(4)16-6-7-21-12-16/h8-9,13,16,18H,5-7,10-12H2,1-4H3. The molecule has 1 saturated heterocycles. The van der Waals surface area contributed by atoms with E-state index >= 15 is 0 Å². The lowest BCUT2D eigenvalue weighted by molar-refractivity contribution is 0.552. The SMILES string of the molecule is CCc1cc(CNCC(C)C)cc(N(C)C2CCSC2)n1. The number of hydrogen-bond acceptors (Lipinski definition) is 4. The van der Waals surface area contributed by atoms with Crippen LogP contribution in [-0.4, -0.2) is 36.1 Å². The summed E-state index contributed by atoms with van der Waals surface area (Å²) >= 11 is 2.05. The molecule has 118 valence electrons. The van der Waals surface area contributed by atoms with Crippen molar-refractivity contribution >= 4 is 17.6 Å². The monoisotopic (exact) mass is 307 g/mol. The minimum Gasteiger partial charge on any atom is -0.356 e. The Kier molecular flexibility index (Phi) is 6.37. The van der Waals surface area contributed by atoms with Gasteiger partial charge in [0.1, 0.15) is 5.82 Å². The number of pyridine rings is 1. The largest absolute Gasteiger partial charge is 0.356 e. The molecule has 1 unspecified atom stereocenters. The van der Waals surface area contributed by atoms with Crippen molar-refractivity contribution in [2.45, 2.75) is 46.2 Å². The Labute approximate surface area is 133 Å². The van der Waals surface area contributed by atoms with E-state index in [1.165, 1.54) is 29.2 Å². The van der Waals surface area contributed by atoms with Crippen LogP contribution in [0.3, 0.4) is 0 Å². The smallest absolute Gasteiger partial charge is 0.129 e. The van der Waals surface area contributed by atoms with Crippen LogP contribution in [0.25, 0.3) is 0 Å². The highest BCUT2D eigenvalue weighted by atomic mass is 32.2. The Morgan fingerprint density at radius 2 is 2.24 bits per heavy atom. The molecule has 0 radical (unpaired) electrons. The van der Waals surface area contributed by atoms with Gasteiger partial charge in [0.05, 0.1) is 0 Å². The van der Waals surface area contributed by atoms with Crippen LogP contribution in [0.2, 0.25) is 0 Å². The number of anilines is 1. The lowest BCUT2D eigenvalue weighted by Gasteiger charge is -2.26. The van der Waals surface area contributed by atoms with E-state index in [2.05, 4.69) is 61.9 Å². The molecule has 0 amide bonds. The van der Waals surface area contributed by atoms with Gasteiger partial charge in [-0.3, -0.25) is 0 Å². The van der Waals surface area contributed by atoms with Crippen molar-refractivity contribution in [3.63, 3.8) is 0 Å². The lowest BCUT2D eigenvalue weighted by Crippen LogP contribution is -2.32. The van der Waals surface area contributed by atoms with Crippen LogP contribution in [-0.2, 0) is 13.0 Å². The second-order valence-electron chi connectivity index (χ2n) is 6.33. The fourth-order valence-electron chi connectivity index (χ4n) is 2.62. The van der Waals surface area contributed by atoms with Gasteiger partial charge in [0.2, 0.25) is 0 Å². The first-order valence-electron chi connectivity index (χ1n) is 8.11. The topological polar surface area (TPSA) is 28.2 Å². The molecule has 0 aromatic carbocycles. The summed E-state index contributed by atoms with van der Waals surface area (Å²) in [6, 6.07) is 5.15. The molecule has 4 heteroatoms. The number of nitrogens with zero attached hydrogens (tertiary/aromatic N) is 2. The summed E-state index contributed by atoms with van der Waals surface area (Å²) in [5.74, 6) is 4.35. The van der Waals surface area contributed by atoms with Crippen LogP contribution in [0.15, 0.2) is 12.1 Å². The van der Waals surface area contributed by atoms with E-state index in [1.807, 2.05) is 0 Å². The second-order valence-corrected chi connectivity index (χ2v) is 7.48. The van der Waals surface area contributed by atoms with Crippen molar-refractivity contribution in [3.8, 4) is 0 Å². The lowest BCUT2D eigenvalue weighted by atomic mass is 10.1. The third-order valence-corrected chi connectivity index (χ3v) is 5.13. The predicted octanol–water partition coefficient (Wildman–Crippen LogP) is 3.33. The van der Waals surface area contributed by atoms with Crippen molar-refractivity contribution in [3.05, 3.63) is 23.4 Å². The van der Waals surface area contributed by atoms with E-state index in [0.717, 1.165) is 25.3 Å². The molecule has 1 aliphatic rings. The van der Waals surface area contributed by atoms with E-state index in [-0.39, 0.29) is 0 Å². The van der Waals surface area contributed by atoms with Crippen molar-refractivity contribution in [2.75, 3.05) is 30.0 Å². The van der Waals surface area contributed by atoms with Gasteiger partial charge in [-0.1, -0.05) is 20.8 Å². The zero-order valence-corrected chi connectivity index (χ0v) is 14.7. The third-order valence-electron chi connectivity index (χ3n) is 3.98. The molecule has 1 aromatic rings. The molecule has 1 atom stereocenters. The summed E-state index contributed by atoms with van der Waals surface area (Å²) in [4.78, 5) is 7.21. The first-order valence-corrected chi connectivity index (χ1v) is 9.26. The summed E-state index contributed by atoms with van der Waals surface area (Å²) in [7, 11) is 2.20. The van der Waals surface area contributed by atoms with Crippen LogP contribution in [0.5, 0.6) is 0 Å². The van der Waals surface area contributed by atoms with Gasteiger partial charge in [0.15, 0.2) is 0 Å². The van der Waals surface area contributed by atoms with Gasteiger partial charge in [0.25, 0.3) is 0 Å². The summed E-state index contributed by atoms with van der Waals surface area (Å²) in [6.45, 7) is 8.67. The van der Waals surface area contributed by atoms with Gasteiger partial charge < -0.3 is 10.2 Å². The number of aryl methyl sites for hydroxylation is 1. The van der Waals surface area contributed by atoms with Gasteiger partial charge >= 0.3 is 0 Å². The summed E-state index contributed by atoms with van der Waals surface area (Å²) in [5.41, 5.74) is 2.56. The molecule has 1 aliphatic heterocycles. The van der Waals surface area contributed by atoms with E-state index in [1.54, 1.807) is 0 Å². The van der Waals surface area contributed by atoms with Crippen molar-refractivity contribution in [1.82, 2.24) is 10.3 Å². The summed E-state index contributed by atoms with van der Waals surface area (Å²) < 4.78 is 0. The van der Waals surface area contributed by atoms with E-state index < -0.39 is 0 Å². The third kappa shape index (κ3) is 4.89. The minimum atomic E-state index is 0.645. The number of hydrogen-bond donors (Lipinski definition) is 1. The maximum atomic E-state index is 4.83. The molecule has 1 N–H and O–H groups in total. The molecule has 0 spiro atoms. The fraction of sp³-hybridized carbons (Fsp3) is 0.706. The molecule has 0 saturated carbocycles. The molecule has 3 nitrogen and oxygen atoms in total. The number of rotatable bonds is 7. The molecule has 1 aromatic heterocycles. The zero-order valence-electron chi connectivity index (χ0n) is 13.9. The molecule has 2 rings (SSSR count). The molecule has 0 aliphatic carbocycles. The van der Waals surface area contributed by atoms with Crippen LogP contribution in [0.4, 0.5) is 5.82 Å². The fourth-order valence-corrected chi connectivity index (χ4v) is 3.88. The average molecular weight is 308 g/mol. The highest BCUT2D eigenvalue weighted by Gasteiger charge is 2.21. The predicted molar refractivity (Wildman–Crippen MR) is 94.3 cm³/mol. The maximum absolute atomic E-state index is 4.83. The Morgan fingerprint density at radius 1 is 1.43 bits per heavy atom. The maximum Gasteiger partial charge on any atom is 0.129 e. The highest BCUT2D eigenvalue weighted by molar-refractivity contribution is 7.99. The molecular formula is C17H29N3S. The minimum absolute atomic E-state index is 0.645. The van der Waals surface area contributed by atoms with Crippen molar-refractivity contribution in [2.24, 2.45) is 5.92 Å². The first kappa shape index (κ1) is 16.6. The summed E-state index contributed by atoms with van der Waals surface area (Å²) in [6.07, 6.45) is 2.28. The van der Waals surface area contributed by atoms with Crippen molar-refractivity contribution in [1.29, 1.82) is 0 Å². The average Bonchev–Trinajstić information content (AvgIpc) is 3.00. The normalized spacial score (nSPS) is 18.4. The van der Waals surface area contributed by atoms with E-state index in [0.29, 0.717) is 12.0 Å². The number of nitrogens with one attached hydrogen (secondary N) is 1. The Morgan fingerprint density at radius 3 is 2.86 bits per heavy atom. The Balaban J connectivity index is 2.08. The van der Waals surface area contributed by atoms with Gasteiger partial charge in [-0.2, -0.15) is 11.8 Å². The molecule has 0 bridgehead atoms. The van der Waals surface area contributed by atoms with Gasteiger partial charge in [-0.25, -0.2) is 4.98 Å². The van der Waals surface area contributed by atoms with E-state index in [4.69, 9.17) is 4.98 Å². The van der Waals surface area contributed by atoms with Crippen LogP contribution < -0.4 is 10.2 Å². The molecule has 1 fully saturated rings. The van der Waals surface area contributed by atoms with Crippen LogP contribution in [0, 0.1) is 5.92 Å². The second kappa shape index (κ2) is 8.04. The van der Waals surface area contributed by atoms with Gasteiger partial charge in [-0.15, -0.1) is 0 Å². The van der Waals surface area contributed by atoms with E-state index in [9.17, 15) is 0 Å².